The average Bonchev–Trinajstić information content (AvgIpc) is 2.49. The fourth-order valence-corrected chi connectivity index (χ4v) is 3.61. The van der Waals surface area contributed by atoms with Gasteiger partial charge in [-0.2, -0.15) is 0 Å². The minimum Gasteiger partial charge on any atom is -0.298 e. The van der Waals surface area contributed by atoms with Crippen molar-refractivity contribution in [1.82, 2.24) is 4.90 Å². The second kappa shape index (κ2) is 5.73. The molecule has 20 heavy (non-hydrogen) atoms. The van der Waals surface area contributed by atoms with Crippen LogP contribution in [0.3, 0.4) is 0 Å². The molecule has 0 radical (unpaired) electrons. The van der Waals surface area contributed by atoms with Gasteiger partial charge < -0.3 is 0 Å². The van der Waals surface area contributed by atoms with Crippen LogP contribution >= 0.6 is 0 Å². The van der Waals surface area contributed by atoms with Gasteiger partial charge in [0, 0.05) is 13.1 Å². The molecule has 0 bridgehead atoms. The van der Waals surface area contributed by atoms with E-state index in [1.54, 1.807) is 6.92 Å². The predicted octanol–water partition coefficient (Wildman–Crippen LogP) is 2.11. The van der Waals surface area contributed by atoms with Gasteiger partial charge in [0.2, 0.25) is 0 Å². The van der Waals surface area contributed by atoms with E-state index in [0.29, 0.717) is 25.1 Å². The van der Waals surface area contributed by atoms with Gasteiger partial charge in [-0.3, -0.25) is 4.90 Å². The third-order valence-electron chi connectivity index (χ3n) is 3.61. The van der Waals surface area contributed by atoms with Gasteiger partial charge in [-0.25, -0.2) is 21.6 Å². The fourth-order valence-electron chi connectivity index (χ4n) is 2.23. The molecule has 1 saturated heterocycles. The molecule has 3 nitrogen and oxygen atoms in total. The van der Waals surface area contributed by atoms with Crippen molar-refractivity contribution >= 4 is 9.84 Å². The number of hydrogen-bond donors (Lipinski definition) is 0. The van der Waals surface area contributed by atoms with Gasteiger partial charge in [0.25, 0.3) is 0 Å². The van der Waals surface area contributed by atoms with E-state index in [4.69, 9.17) is 0 Å². The number of hydrogen-bond acceptors (Lipinski definition) is 3. The van der Waals surface area contributed by atoms with Crippen molar-refractivity contribution < 1.29 is 21.6 Å². The first-order chi connectivity index (χ1) is 9.29. The quantitative estimate of drug-likeness (QED) is 0.785. The van der Waals surface area contributed by atoms with E-state index in [-0.39, 0.29) is 12.3 Å². The van der Waals surface area contributed by atoms with Crippen LogP contribution in [-0.4, -0.2) is 37.4 Å². The van der Waals surface area contributed by atoms with Gasteiger partial charge >= 0.3 is 0 Å². The Kier molecular flexibility index (Phi) is 4.39. The van der Waals surface area contributed by atoms with Crippen LogP contribution in [0.25, 0.3) is 0 Å². The van der Waals surface area contributed by atoms with E-state index in [0.717, 1.165) is 12.1 Å². The summed E-state index contributed by atoms with van der Waals surface area (Å²) >= 11 is 0. The molecule has 2 rings (SSSR count). The maximum atomic E-state index is 13.1. The predicted molar refractivity (Wildman–Crippen MR) is 69.5 cm³/mol. The highest BCUT2D eigenvalue weighted by Crippen LogP contribution is 2.18. The van der Waals surface area contributed by atoms with Crippen LogP contribution in [0.15, 0.2) is 12.1 Å². The Morgan fingerprint density at radius 3 is 2.40 bits per heavy atom. The average molecular weight is 307 g/mol. The molecule has 1 aromatic carbocycles. The second-order valence-electron chi connectivity index (χ2n) is 5.12. The molecule has 112 valence electrons. The van der Waals surface area contributed by atoms with E-state index in [9.17, 15) is 21.6 Å². The first kappa shape index (κ1) is 15.3. The van der Waals surface area contributed by atoms with Crippen LogP contribution in [0.1, 0.15) is 18.9 Å². The highest BCUT2D eigenvalue weighted by molar-refractivity contribution is 7.92. The summed E-state index contributed by atoms with van der Waals surface area (Å²) in [7, 11) is -3.10. The van der Waals surface area contributed by atoms with Gasteiger partial charge in [-0.15, -0.1) is 0 Å². The lowest BCUT2D eigenvalue weighted by Crippen LogP contribution is -2.26. The molecule has 0 aliphatic carbocycles. The van der Waals surface area contributed by atoms with Crippen molar-refractivity contribution in [3.05, 3.63) is 35.1 Å². The number of benzene rings is 1. The monoisotopic (exact) mass is 307 g/mol. The van der Waals surface area contributed by atoms with E-state index in [1.807, 2.05) is 4.90 Å². The van der Waals surface area contributed by atoms with Crippen molar-refractivity contribution in [2.24, 2.45) is 0 Å². The van der Waals surface area contributed by atoms with Gasteiger partial charge in [-0.1, -0.05) is 0 Å². The Bertz CT molecular complexity index is 581. The van der Waals surface area contributed by atoms with Crippen LogP contribution in [-0.2, 0) is 16.4 Å². The molecule has 1 heterocycles. The summed E-state index contributed by atoms with van der Waals surface area (Å²) in [5, 5.41) is -0.408. The molecule has 1 unspecified atom stereocenters. The van der Waals surface area contributed by atoms with E-state index in [1.165, 1.54) is 0 Å². The zero-order valence-corrected chi connectivity index (χ0v) is 11.9. The largest absolute Gasteiger partial charge is 0.298 e. The molecule has 1 aliphatic rings. The van der Waals surface area contributed by atoms with Crippen molar-refractivity contribution in [3.8, 4) is 0 Å². The maximum Gasteiger partial charge on any atom is 0.194 e. The molecule has 1 aromatic rings. The van der Waals surface area contributed by atoms with Crippen LogP contribution in [0.2, 0.25) is 0 Å². The molecular formula is C13H16F3NO2S. The van der Waals surface area contributed by atoms with Crippen molar-refractivity contribution in [3.63, 3.8) is 0 Å². The van der Waals surface area contributed by atoms with Crippen LogP contribution in [0.4, 0.5) is 13.2 Å². The van der Waals surface area contributed by atoms with Crippen molar-refractivity contribution in [2.45, 2.75) is 25.1 Å². The molecule has 1 aliphatic heterocycles. The van der Waals surface area contributed by atoms with Gasteiger partial charge in [0.1, 0.15) is 0 Å². The molecular weight excluding hydrogens is 291 g/mol. The molecule has 1 fully saturated rings. The number of nitrogens with zero attached hydrogens (tertiary/aromatic N) is 1. The summed E-state index contributed by atoms with van der Waals surface area (Å²) in [6.45, 7) is 2.71. The maximum absolute atomic E-state index is 13.1. The van der Waals surface area contributed by atoms with E-state index < -0.39 is 32.5 Å². The molecule has 0 saturated carbocycles. The van der Waals surface area contributed by atoms with Crippen LogP contribution in [0.5, 0.6) is 0 Å². The summed E-state index contributed by atoms with van der Waals surface area (Å²) in [4.78, 5) is 1.81. The number of rotatable bonds is 2. The first-order valence-electron chi connectivity index (χ1n) is 6.37. The van der Waals surface area contributed by atoms with Crippen LogP contribution < -0.4 is 0 Å². The highest BCUT2D eigenvalue weighted by Gasteiger charge is 2.26. The van der Waals surface area contributed by atoms with Crippen LogP contribution in [0, 0.1) is 17.5 Å². The standard InChI is InChI=1S/C13H16F3NO2S/c1-9-2-3-17(4-5-20(9,18)19)8-10-6-11(14)13(16)12(15)7-10/h6-7,9H,2-5,8H2,1H3. The third kappa shape index (κ3) is 3.32. The molecule has 0 aromatic heterocycles. The van der Waals surface area contributed by atoms with E-state index >= 15 is 0 Å². The normalized spacial score (nSPS) is 23.5. The smallest absolute Gasteiger partial charge is 0.194 e. The minimum absolute atomic E-state index is 0.0281. The summed E-state index contributed by atoms with van der Waals surface area (Å²) in [6, 6.07) is 1.89. The topological polar surface area (TPSA) is 37.4 Å². The summed E-state index contributed by atoms with van der Waals surface area (Å²) in [5.41, 5.74) is 0.299. The summed E-state index contributed by atoms with van der Waals surface area (Å²) in [6.07, 6.45) is 0.481. The lowest BCUT2D eigenvalue weighted by atomic mass is 10.2. The Hall–Kier alpha value is -1.08. The zero-order chi connectivity index (χ0) is 14.9. The van der Waals surface area contributed by atoms with Gasteiger partial charge in [0.05, 0.1) is 11.0 Å². The summed E-state index contributed by atoms with van der Waals surface area (Å²) < 4.78 is 62.6. The Labute approximate surface area is 116 Å². The Morgan fingerprint density at radius 2 is 1.80 bits per heavy atom. The number of sulfone groups is 1. The second-order valence-corrected chi connectivity index (χ2v) is 7.65. The molecule has 0 spiro atoms. The van der Waals surface area contributed by atoms with Crippen molar-refractivity contribution in [1.29, 1.82) is 0 Å². The Balaban J connectivity index is 2.11. The van der Waals surface area contributed by atoms with Gasteiger partial charge in [0.15, 0.2) is 27.3 Å². The minimum atomic E-state index is -3.10. The van der Waals surface area contributed by atoms with E-state index in [2.05, 4.69) is 0 Å². The SMILES string of the molecule is CC1CCN(Cc2cc(F)c(F)c(F)c2)CCS1(=O)=O. The molecule has 1 atom stereocenters. The molecule has 7 heteroatoms. The third-order valence-corrected chi connectivity index (χ3v) is 5.82. The highest BCUT2D eigenvalue weighted by atomic mass is 32.2. The lowest BCUT2D eigenvalue weighted by Gasteiger charge is -2.19. The Morgan fingerprint density at radius 1 is 1.20 bits per heavy atom. The van der Waals surface area contributed by atoms with Crippen molar-refractivity contribution in [2.75, 3.05) is 18.8 Å². The summed E-state index contributed by atoms with van der Waals surface area (Å²) in [5.74, 6) is -3.91. The van der Waals surface area contributed by atoms with Gasteiger partial charge in [-0.05, 0) is 37.6 Å². The first-order valence-corrected chi connectivity index (χ1v) is 8.08. The number of halogens is 3. The lowest BCUT2D eigenvalue weighted by molar-refractivity contribution is 0.282. The fraction of sp³-hybridized carbons (Fsp3) is 0.538. The molecule has 0 amide bonds. The molecule has 0 N–H and O–H groups in total. The zero-order valence-electron chi connectivity index (χ0n) is 11.1.